The minimum absolute atomic E-state index is 0.0563. The molecule has 1 fully saturated rings. The number of carboxylic acids is 1. The summed E-state index contributed by atoms with van der Waals surface area (Å²) in [6.07, 6.45) is -0.0225. The lowest BCUT2D eigenvalue weighted by atomic mass is 9.80. The molecule has 0 saturated carbocycles. The number of amides is 1. The highest BCUT2D eigenvalue weighted by molar-refractivity contribution is 6.32. The third kappa shape index (κ3) is 4.36. The monoisotopic (exact) mass is 341 g/mol. The van der Waals surface area contributed by atoms with Crippen LogP contribution in [0.1, 0.15) is 19.8 Å². The van der Waals surface area contributed by atoms with Crippen LogP contribution in [0.5, 0.6) is 5.75 Å². The summed E-state index contributed by atoms with van der Waals surface area (Å²) < 4.78 is 10.7. The van der Waals surface area contributed by atoms with Crippen molar-refractivity contribution >= 4 is 23.5 Å². The molecule has 1 amide bonds. The molecule has 2 N–H and O–H groups in total. The van der Waals surface area contributed by atoms with Crippen LogP contribution in [0.4, 0.5) is 0 Å². The van der Waals surface area contributed by atoms with Gasteiger partial charge in [-0.3, -0.25) is 9.59 Å². The molecule has 1 aliphatic rings. The Hall–Kier alpha value is -1.79. The Bertz CT molecular complexity index is 571. The molecule has 1 unspecified atom stereocenters. The van der Waals surface area contributed by atoms with Gasteiger partial charge in [-0.25, -0.2) is 0 Å². The van der Waals surface area contributed by atoms with E-state index >= 15 is 0 Å². The SMILES string of the molecule is CC(Oc1ccccc1Cl)C(=O)NCC1(C(=O)O)CCOCC1. The van der Waals surface area contributed by atoms with Crippen LogP contribution in [-0.2, 0) is 14.3 Å². The molecular formula is C16H20ClNO5. The third-order valence-electron chi connectivity index (χ3n) is 4.01. The number of para-hydroxylation sites is 1. The third-order valence-corrected chi connectivity index (χ3v) is 4.33. The van der Waals surface area contributed by atoms with E-state index in [1.54, 1.807) is 31.2 Å². The number of carbonyl (C=O) groups excluding carboxylic acids is 1. The van der Waals surface area contributed by atoms with Gasteiger partial charge < -0.3 is 19.9 Å². The van der Waals surface area contributed by atoms with Crippen molar-refractivity contribution in [1.29, 1.82) is 0 Å². The first-order chi connectivity index (χ1) is 10.9. The van der Waals surface area contributed by atoms with Crippen LogP contribution in [0.2, 0.25) is 5.02 Å². The molecule has 1 aromatic rings. The van der Waals surface area contributed by atoms with Gasteiger partial charge in [0.25, 0.3) is 5.91 Å². The van der Waals surface area contributed by atoms with E-state index in [1.165, 1.54) is 0 Å². The number of carboxylic acid groups (broad SMARTS) is 1. The predicted molar refractivity (Wildman–Crippen MR) is 84.7 cm³/mol. The molecular weight excluding hydrogens is 322 g/mol. The van der Waals surface area contributed by atoms with E-state index in [1.807, 2.05) is 0 Å². The van der Waals surface area contributed by atoms with Crippen molar-refractivity contribution in [3.8, 4) is 5.75 Å². The molecule has 0 radical (unpaired) electrons. The number of ether oxygens (including phenoxy) is 2. The number of hydrogen-bond acceptors (Lipinski definition) is 4. The molecule has 0 bridgehead atoms. The Labute approximate surface area is 139 Å². The fraction of sp³-hybridized carbons (Fsp3) is 0.500. The zero-order valence-corrected chi connectivity index (χ0v) is 13.6. The van der Waals surface area contributed by atoms with E-state index in [-0.39, 0.29) is 12.5 Å². The molecule has 23 heavy (non-hydrogen) atoms. The Balaban J connectivity index is 1.93. The Kier molecular flexibility index (Phi) is 5.85. The first kappa shape index (κ1) is 17.6. The Morgan fingerprint density at radius 1 is 1.39 bits per heavy atom. The minimum atomic E-state index is -0.974. The van der Waals surface area contributed by atoms with Crippen LogP contribution < -0.4 is 10.1 Å². The van der Waals surface area contributed by atoms with Gasteiger partial charge in [0, 0.05) is 19.8 Å². The lowest BCUT2D eigenvalue weighted by Crippen LogP contribution is -2.48. The first-order valence-electron chi connectivity index (χ1n) is 7.45. The second-order valence-corrected chi connectivity index (χ2v) is 6.01. The molecule has 1 heterocycles. The molecule has 1 aliphatic heterocycles. The molecule has 2 rings (SSSR count). The summed E-state index contributed by atoms with van der Waals surface area (Å²) in [5.74, 6) is -0.881. The standard InChI is InChI=1S/C16H20ClNO5/c1-11(23-13-5-3-2-4-12(13)17)14(19)18-10-16(15(20)21)6-8-22-9-7-16/h2-5,11H,6-10H2,1H3,(H,18,19)(H,20,21). The van der Waals surface area contributed by atoms with Gasteiger partial charge in [-0.1, -0.05) is 23.7 Å². The maximum absolute atomic E-state index is 12.2. The maximum Gasteiger partial charge on any atom is 0.311 e. The Morgan fingerprint density at radius 3 is 2.65 bits per heavy atom. The smallest absolute Gasteiger partial charge is 0.311 e. The fourth-order valence-electron chi connectivity index (χ4n) is 2.41. The molecule has 1 saturated heterocycles. The summed E-state index contributed by atoms with van der Waals surface area (Å²) >= 11 is 5.99. The zero-order chi connectivity index (χ0) is 16.9. The summed E-state index contributed by atoms with van der Waals surface area (Å²) in [5.41, 5.74) is -0.974. The van der Waals surface area contributed by atoms with E-state index in [2.05, 4.69) is 5.32 Å². The van der Waals surface area contributed by atoms with Gasteiger partial charge >= 0.3 is 5.97 Å². The number of nitrogens with one attached hydrogen (secondary N) is 1. The molecule has 0 spiro atoms. The highest BCUT2D eigenvalue weighted by Crippen LogP contribution is 2.30. The summed E-state index contributed by atoms with van der Waals surface area (Å²) in [6.45, 7) is 2.42. The summed E-state index contributed by atoms with van der Waals surface area (Å²) in [4.78, 5) is 23.7. The van der Waals surface area contributed by atoms with Crippen molar-refractivity contribution in [3.63, 3.8) is 0 Å². The number of halogens is 1. The average molecular weight is 342 g/mol. The molecule has 6 nitrogen and oxygen atoms in total. The topological polar surface area (TPSA) is 84.9 Å². The van der Waals surface area contributed by atoms with Crippen molar-refractivity contribution in [1.82, 2.24) is 5.32 Å². The van der Waals surface area contributed by atoms with Gasteiger partial charge in [-0.15, -0.1) is 0 Å². The van der Waals surface area contributed by atoms with E-state index in [4.69, 9.17) is 21.1 Å². The normalized spacial score (nSPS) is 18.0. The number of rotatable bonds is 6. The predicted octanol–water partition coefficient (Wildman–Crippen LogP) is 2.10. The van der Waals surface area contributed by atoms with Crippen LogP contribution >= 0.6 is 11.6 Å². The van der Waals surface area contributed by atoms with Crippen molar-refractivity contribution in [2.24, 2.45) is 5.41 Å². The summed E-state index contributed by atoms with van der Waals surface area (Å²) in [5, 5.41) is 12.5. The highest BCUT2D eigenvalue weighted by atomic mass is 35.5. The minimum Gasteiger partial charge on any atom is -0.481 e. The van der Waals surface area contributed by atoms with Crippen molar-refractivity contribution < 1.29 is 24.2 Å². The molecule has 1 aromatic carbocycles. The number of benzene rings is 1. The lowest BCUT2D eigenvalue weighted by Gasteiger charge is -2.33. The number of hydrogen-bond donors (Lipinski definition) is 2. The van der Waals surface area contributed by atoms with E-state index < -0.39 is 17.5 Å². The largest absolute Gasteiger partial charge is 0.481 e. The lowest BCUT2D eigenvalue weighted by molar-refractivity contribution is -0.155. The summed E-state index contributed by atoms with van der Waals surface area (Å²) in [6, 6.07) is 6.86. The van der Waals surface area contributed by atoms with Crippen LogP contribution in [0.15, 0.2) is 24.3 Å². The van der Waals surface area contributed by atoms with Gasteiger partial charge in [-0.05, 0) is 31.9 Å². The van der Waals surface area contributed by atoms with Crippen LogP contribution in [0, 0.1) is 5.41 Å². The highest BCUT2D eigenvalue weighted by Gasteiger charge is 2.40. The van der Waals surface area contributed by atoms with Crippen molar-refractivity contribution in [2.75, 3.05) is 19.8 Å². The van der Waals surface area contributed by atoms with Gasteiger partial charge in [0.15, 0.2) is 6.10 Å². The number of aliphatic carboxylic acids is 1. The van der Waals surface area contributed by atoms with E-state index in [0.29, 0.717) is 36.8 Å². The number of carbonyl (C=O) groups is 2. The van der Waals surface area contributed by atoms with Gasteiger partial charge in [0.05, 0.1) is 10.4 Å². The molecule has 1 atom stereocenters. The van der Waals surface area contributed by atoms with E-state index in [0.717, 1.165) is 0 Å². The molecule has 7 heteroatoms. The quantitative estimate of drug-likeness (QED) is 0.827. The van der Waals surface area contributed by atoms with Gasteiger partial charge in [0.2, 0.25) is 0 Å². The molecule has 126 valence electrons. The zero-order valence-electron chi connectivity index (χ0n) is 12.9. The first-order valence-corrected chi connectivity index (χ1v) is 7.82. The van der Waals surface area contributed by atoms with Gasteiger partial charge in [-0.2, -0.15) is 0 Å². The van der Waals surface area contributed by atoms with Crippen LogP contribution in [-0.4, -0.2) is 42.8 Å². The summed E-state index contributed by atoms with van der Waals surface area (Å²) in [7, 11) is 0. The van der Waals surface area contributed by atoms with Crippen molar-refractivity contribution in [2.45, 2.75) is 25.9 Å². The Morgan fingerprint density at radius 2 is 2.04 bits per heavy atom. The average Bonchev–Trinajstić information content (AvgIpc) is 2.55. The van der Waals surface area contributed by atoms with Crippen molar-refractivity contribution in [3.05, 3.63) is 29.3 Å². The molecule has 0 aliphatic carbocycles. The van der Waals surface area contributed by atoms with Crippen LogP contribution in [0.25, 0.3) is 0 Å². The second-order valence-electron chi connectivity index (χ2n) is 5.61. The molecule has 0 aromatic heterocycles. The van der Waals surface area contributed by atoms with Gasteiger partial charge in [0.1, 0.15) is 5.75 Å². The fourth-order valence-corrected chi connectivity index (χ4v) is 2.59. The second kappa shape index (κ2) is 7.66. The van der Waals surface area contributed by atoms with Crippen LogP contribution in [0.3, 0.4) is 0 Å². The van der Waals surface area contributed by atoms with E-state index in [9.17, 15) is 14.7 Å². The maximum atomic E-state index is 12.2.